The SMILES string of the molecule is CCCCCCCCCCCN(N)CC. The molecule has 0 unspecified atom stereocenters. The molecular formula is C13H30N2. The van der Waals surface area contributed by atoms with Gasteiger partial charge in [-0.15, -0.1) is 0 Å². The molecule has 2 heteroatoms. The monoisotopic (exact) mass is 214 g/mol. The van der Waals surface area contributed by atoms with Gasteiger partial charge in [-0.05, 0) is 6.42 Å². The zero-order valence-electron chi connectivity index (χ0n) is 10.8. The highest BCUT2D eigenvalue weighted by Gasteiger charge is 1.95. The molecule has 15 heavy (non-hydrogen) atoms. The summed E-state index contributed by atoms with van der Waals surface area (Å²) in [7, 11) is 0. The van der Waals surface area contributed by atoms with Crippen LogP contribution in [-0.2, 0) is 0 Å². The summed E-state index contributed by atoms with van der Waals surface area (Å²) in [5.41, 5.74) is 0. The summed E-state index contributed by atoms with van der Waals surface area (Å²) in [6, 6.07) is 0. The van der Waals surface area contributed by atoms with Crippen molar-refractivity contribution in [2.75, 3.05) is 13.1 Å². The van der Waals surface area contributed by atoms with Gasteiger partial charge in [-0.1, -0.05) is 65.2 Å². The van der Waals surface area contributed by atoms with Crippen molar-refractivity contribution in [2.45, 2.75) is 71.6 Å². The van der Waals surface area contributed by atoms with Gasteiger partial charge in [0, 0.05) is 13.1 Å². The molecule has 0 saturated carbocycles. The molecule has 0 saturated heterocycles. The van der Waals surface area contributed by atoms with Crippen molar-refractivity contribution < 1.29 is 0 Å². The highest BCUT2D eigenvalue weighted by Crippen LogP contribution is 2.09. The lowest BCUT2D eigenvalue weighted by Crippen LogP contribution is -2.31. The van der Waals surface area contributed by atoms with Crippen molar-refractivity contribution in [3.8, 4) is 0 Å². The highest BCUT2D eigenvalue weighted by molar-refractivity contribution is 4.49. The first kappa shape index (κ1) is 14.9. The van der Waals surface area contributed by atoms with Gasteiger partial charge in [0.15, 0.2) is 0 Å². The van der Waals surface area contributed by atoms with Crippen molar-refractivity contribution in [1.29, 1.82) is 0 Å². The van der Waals surface area contributed by atoms with Gasteiger partial charge in [-0.3, -0.25) is 5.84 Å². The Morgan fingerprint density at radius 2 is 1.20 bits per heavy atom. The minimum Gasteiger partial charge on any atom is -0.269 e. The van der Waals surface area contributed by atoms with Crippen LogP contribution in [-0.4, -0.2) is 18.1 Å². The van der Waals surface area contributed by atoms with Crippen LogP contribution in [0.2, 0.25) is 0 Å². The number of hydrogen-bond acceptors (Lipinski definition) is 2. The van der Waals surface area contributed by atoms with E-state index in [1.165, 1.54) is 57.8 Å². The van der Waals surface area contributed by atoms with E-state index in [-0.39, 0.29) is 0 Å². The Bertz CT molecular complexity index is 115. The van der Waals surface area contributed by atoms with E-state index in [0.717, 1.165) is 13.1 Å². The average Bonchev–Trinajstić information content (AvgIpc) is 2.26. The van der Waals surface area contributed by atoms with Crippen molar-refractivity contribution >= 4 is 0 Å². The van der Waals surface area contributed by atoms with Crippen molar-refractivity contribution in [3.63, 3.8) is 0 Å². The van der Waals surface area contributed by atoms with Crippen LogP contribution in [0.15, 0.2) is 0 Å². The molecule has 0 aliphatic heterocycles. The van der Waals surface area contributed by atoms with Crippen LogP contribution in [0.5, 0.6) is 0 Å². The molecule has 2 N–H and O–H groups in total. The van der Waals surface area contributed by atoms with E-state index in [2.05, 4.69) is 13.8 Å². The molecule has 0 aromatic heterocycles. The molecule has 0 rings (SSSR count). The maximum Gasteiger partial charge on any atom is 0.0128 e. The number of rotatable bonds is 11. The molecular weight excluding hydrogens is 184 g/mol. The fourth-order valence-corrected chi connectivity index (χ4v) is 1.78. The lowest BCUT2D eigenvalue weighted by Gasteiger charge is -2.12. The van der Waals surface area contributed by atoms with E-state index in [0.29, 0.717) is 0 Å². The first-order chi connectivity index (χ1) is 7.31. The Morgan fingerprint density at radius 1 is 0.733 bits per heavy atom. The van der Waals surface area contributed by atoms with E-state index in [1.807, 2.05) is 5.01 Å². The smallest absolute Gasteiger partial charge is 0.0128 e. The number of unbranched alkanes of at least 4 members (excludes halogenated alkanes) is 8. The molecule has 0 fully saturated rings. The summed E-state index contributed by atoms with van der Waals surface area (Å²) < 4.78 is 0. The summed E-state index contributed by atoms with van der Waals surface area (Å²) in [4.78, 5) is 0. The number of hydrazine groups is 1. The summed E-state index contributed by atoms with van der Waals surface area (Å²) in [5.74, 6) is 5.70. The van der Waals surface area contributed by atoms with E-state index in [4.69, 9.17) is 5.84 Å². The molecule has 0 aromatic carbocycles. The van der Waals surface area contributed by atoms with Crippen molar-refractivity contribution in [2.24, 2.45) is 5.84 Å². The third kappa shape index (κ3) is 11.8. The maximum atomic E-state index is 5.70. The van der Waals surface area contributed by atoms with Crippen LogP contribution in [0.25, 0.3) is 0 Å². The van der Waals surface area contributed by atoms with Gasteiger partial charge in [0.25, 0.3) is 0 Å². The topological polar surface area (TPSA) is 29.3 Å². The Balaban J connectivity index is 2.92. The second-order valence-corrected chi connectivity index (χ2v) is 4.46. The minimum atomic E-state index is 0.969. The molecule has 0 aliphatic carbocycles. The standard InChI is InChI=1S/C13H30N2/c1-3-5-6-7-8-9-10-11-12-13-15(14)4-2/h3-14H2,1-2H3. The normalized spacial score (nSPS) is 11.2. The number of nitrogens with zero attached hydrogens (tertiary/aromatic N) is 1. The summed E-state index contributed by atoms with van der Waals surface area (Å²) in [6.07, 6.45) is 12.5. The summed E-state index contributed by atoms with van der Waals surface area (Å²) in [5, 5.41) is 1.90. The summed E-state index contributed by atoms with van der Waals surface area (Å²) >= 11 is 0. The predicted molar refractivity (Wildman–Crippen MR) is 68.7 cm³/mol. The van der Waals surface area contributed by atoms with E-state index >= 15 is 0 Å². The van der Waals surface area contributed by atoms with Crippen LogP contribution in [0.3, 0.4) is 0 Å². The van der Waals surface area contributed by atoms with Crippen LogP contribution < -0.4 is 5.84 Å². The fourth-order valence-electron chi connectivity index (χ4n) is 1.78. The first-order valence-electron chi connectivity index (χ1n) is 6.80. The lowest BCUT2D eigenvalue weighted by atomic mass is 10.1. The van der Waals surface area contributed by atoms with Crippen LogP contribution in [0.4, 0.5) is 0 Å². The molecule has 0 radical (unpaired) electrons. The van der Waals surface area contributed by atoms with Gasteiger partial charge in [0.1, 0.15) is 0 Å². The van der Waals surface area contributed by atoms with E-state index in [9.17, 15) is 0 Å². The third-order valence-corrected chi connectivity index (χ3v) is 2.96. The van der Waals surface area contributed by atoms with Gasteiger partial charge in [-0.2, -0.15) is 0 Å². The van der Waals surface area contributed by atoms with Crippen LogP contribution >= 0.6 is 0 Å². The van der Waals surface area contributed by atoms with Gasteiger partial charge in [-0.25, -0.2) is 5.01 Å². The Kier molecular flexibility index (Phi) is 11.9. The van der Waals surface area contributed by atoms with Crippen molar-refractivity contribution in [3.05, 3.63) is 0 Å². The van der Waals surface area contributed by atoms with Gasteiger partial charge >= 0.3 is 0 Å². The second kappa shape index (κ2) is 12.0. The Labute approximate surface area is 96.2 Å². The zero-order chi connectivity index (χ0) is 11.4. The number of hydrogen-bond donors (Lipinski definition) is 1. The second-order valence-electron chi connectivity index (χ2n) is 4.46. The van der Waals surface area contributed by atoms with Crippen LogP contribution in [0.1, 0.15) is 71.6 Å². The molecule has 0 amide bonds. The molecule has 0 aromatic rings. The van der Waals surface area contributed by atoms with Gasteiger partial charge < -0.3 is 0 Å². The molecule has 92 valence electrons. The van der Waals surface area contributed by atoms with Gasteiger partial charge in [0.05, 0.1) is 0 Å². The van der Waals surface area contributed by atoms with Crippen LogP contribution in [0, 0.1) is 0 Å². The maximum absolute atomic E-state index is 5.70. The zero-order valence-corrected chi connectivity index (χ0v) is 10.8. The molecule has 0 atom stereocenters. The van der Waals surface area contributed by atoms with E-state index < -0.39 is 0 Å². The van der Waals surface area contributed by atoms with Gasteiger partial charge in [0.2, 0.25) is 0 Å². The summed E-state index contributed by atoms with van der Waals surface area (Å²) in [6.45, 7) is 6.41. The van der Waals surface area contributed by atoms with E-state index in [1.54, 1.807) is 0 Å². The quantitative estimate of drug-likeness (QED) is 0.323. The number of nitrogens with two attached hydrogens (primary N) is 1. The third-order valence-electron chi connectivity index (χ3n) is 2.96. The van der Waals surface area contributed by atoms with Crippen molar-refractivity contribution in [1.82, 2.24) is 5.01 Å². The fraction of sp³-hybridized carbons (Fsp3) is 1.00. The highest BCUT2D eigenvalue weighted by atomic mass is 15.4. The molecule has 0 heterocycles. The molecule has 0 aliphatic rings. The molecule has 2 nitrogen and oxygen atoms in total. The molecule has 0 spiro atoms. The Hall–Kier alpha value is -0.0800. The largest absolute Gasteiger partial charge is 0.269 e. The predicted octanol–water partition coefficient (Wildman–Crippen LogP) is 3.71. The lowest BCUT2D eigenvalue weighted by molar-refractivity contribution is 0.290. The molecule has 0 bridgehead atoms. The first-order valence-corrected chi connectivity index (χ1v) is 6.80. The average molecular weight is 214 g/mol. The Morgan fingerprint density at radius 3 is 1.67 bits per heavy atom. The minimum absolute atomic E-state index is 0.969.